The maximum absolute atomic E-state index is 6.09. The van der Waals surface area contributed by atoms with Gasteiger partial charge in [-0.3, -0.25) is 11.3 Å². The topological polar surface area (TPSA) is 38.0 Å². The first-order valence-corrected chi connectivity index (χ1v) is 6.30. The van der Waals surface area contributed by atoms with E-state index in [1.54, 1.807) is 11.3 Å². The minimum absolute atomic E-state index is 0.0786. The molecule has 1 heterocycles. The number of benzene rings is 1. The van der Waals surface area contributed by atoms with E-state index in [2.05, 4.69) is 17.6 Å². The van der Waals surface area contributed by atoms with E-state index in [9.17, 15) is 0 Å². The van der Waals surface area contributed by atoms with Crippen LogP contribution < -0.4 is 11.3 Å². The number of halogens is 1. The third kappa shape index (κ3) is 2.62. The van der Waals surface area contributed by atoms with Gasteiger partial charge in [-0.2, -0.15) is 0 Å². The molecule has 4 heteroatoms. The van der Waals surface area contributed by atoms with Gasteiger partial charge < -0.3 is 0 Å². The van der Waals surface area contributed by atoms with Crippen molar-refractivity contribution in [3.63, 3.8) is 0 Å². The van der Waals surface area contributed by atoms with Crippen LogP contribution in [0.2, 0.25) is 5.02 Å². The van der Waals surface area contributed by atoms with Crippen molar-refractivity contribution in [3.05, 3.63) is 57.2 Å². The Morgan fingerprint density at radius 3 is 2.56 bits per heavy atom. The second kappa shape index (κ2) is 5.46. The van der Waals surface area contributed by atoms with E-state index in [1.807, 2.05) is 29.6 Å². The largest absolute Gasteiger partial charge is 0.271 e. The van der Waals surface area contributed by atoms with Crippen molar-refractivity contribution in [2.45, 2.75) is 12.5 Å². The predicted octanol–water partition coefficient (Wildman–Crippen LogP) is 3.15. The fourth-order valence-electron chi connectivity index (χ4n) is 1.63. The van der Waals surface area contributed by atoms with E-state index in [4.69, 9.17) is 17.4 Å². The lowest BCUT2D eigenvalue weighted by Crippen LogP contribution is -2.29. The molecule has 84 valence electrons. The number of nitrogens with one attached hydrogen (secondary N) is 1. The first kappa shape index (κ1) is 11.6. The maximum atomic E-state index is 6.09. The molecule has 16 heavy (non-hydrogen) atoms. The van der Waals surface area contributed by atoms with Crippen LogP contribution in [0.4, 0.5) is 0 Å². The monoisotopic (exact) mass is 252 g/mol. The van der Waals surface area contributed by atoms with E-state index in [0.717, 1.165) is 16.3 Å². The average molecular weight is 253 g/mol. The van der Waals surface area contributed by atoms with Gasteiger partial charge in [-0.05, 0) is 23.4 Å². The first-order chi connectivity index (χ1) is 7.81. The molecule has 2 rings (SSSR count). The molecule has 1 aromatic heterocycles. The van der Waals surface area contributed by atoms with Gasteiger partial charge in [-0.25, -0.2) is 0 Å². The highest BCUT2D eigenvalue weighted by molar-refractivity contribution is 7.10. The van der Waals surface area contributed by atoms with Gasteiger partial charge in [0.2, 0.25) is 0 Å². The molecule has 0 aliphatic rings. The van der Waals surface area contributed by atoms with Crippen LogP contribution in [-0.2, 0) is 6.42 Å². The van der Waals surface area contributed by atoms with Crippen molar-refractivity contribution >= 4 is 22.9 Å². The SMILES string of the molecule is NNC(Cc1ccccc1)c1sccc1Cl. The number of thiophene rings is 1. The third-order valence-electron chi connectivity index (χ3n) is 2.45. The highest BCUT2D eigenvalue weighted by Crippen LogP contribution is 2.30. The van der Waals surface area contributed by atoms with Crippen LogP contribution in [-0.4, -0.2) is 0 Å². The lowest BCUT2D eigenvalue weighted by atomic mass is 10.1. The molecule has 1 atom stereocenters. The summed E-state index contributed by atoms with van der Waals surface area (Å²) in [7, 11) is 0. The van der Waals surface area contributed by atoms with Gasteiger partial charge in [0.15, 0.2) is 0 Å². The number of nitrogens with two attached hydrogens (primary N) is 1. The summed E-state index contributed by atoms with van der Waals surface area (Å²) in [5.41, 5.74) is 4.07. The van der Waals surface area contributed by atoms with E-state index in [1.165, 1.54) is 5.56 Å². The number of hydrogen-bond donors (Lipinski definition) is 2. The Balaban J connectivity index is 2.16. The number of hydrogen-bond acceptors (Lipinski definition) is 3. The predicted molar refractivity (Wildman–Crippen MR) is 69.5 cm³/mol. The molecule has 1 aromatic carbocycles. The summed E-state index contributed by atoms with van der Waals surface area (Å²) in [5, 5.41) is 2.76. The number of hydrazine groups is 1. The molecule has 0 saturated heterocycles. The Bertz CT molecular complexity index is 441. The van der Waals surface area contributed by atoms with Gasteiger partial charge >= 0.3 is 0 Å². The first-order valence-electron chi connectivity index (χ1n) is 5.04. The summed E-state index contributed by atoms with van der Waals surface area (Å²) in [6.07, 6.45) is 0.845. The fourth-order valence-corrected chi connectivity index (χ4v) is 2.88. The Kier molecular flexibility index (Phi) is 3.96. The number of rotatable bonds is 4. The molecule has 3 N–H and O–H groups in total. The highest BCUT2D eigenvalue weighted by atomic mass is 35.5. The van der Waals surface area contributed by atoms with Gasteiger partial charge in [0.25, 0.3) is 0 Å². The lowest BCUT2D eigenvalue weighted by Gasteiger charge is -2.14. The van der Waals surface area contributed by atoms with Crippen molar-refractivity contribution in [2.24, 2.45) is 5.84 Å². The molecule has 0 bridgehead atoms. The Hall–Kier alpha value is -0.870. The van der Waals surface area contributed by atoms with Gasteiger partial charge in [-0.1, -0.05) is 41.9 Å². The van der Waals surface area contributed by atoms with Gasteiger partial charge in [0.05, 0.1) is 11.1 Å². The van der Waals surface area contributed by atoms with Crippen LogP contribution in [0, 0.1) is 0 Å². The quantitative estimate of drug-likeness (QED) is 0.648. The Morgan fingerprint density at radius 2 is 2.00 bits per heavy atom. The van der Waals surface area contributed by atoms with Crippen LogP contribution in [0.15, 0.2) is 41.8 Å². The molecule has 0 amide bonds. The van der Waals surface area contributed by atoms with Crippen LogP contribution in [0.3, 0.4) is 0 Å². The van der Waals surface area contributed by atoms with Gasteiger partial charge in [-0.15, -0.1) is 11.3 Å². The van der Waals surface area contributed by atoms with E-state index >= 15 is 0 Å². The standard InChI is InChI=1S/C12H13ClN2S/c13-10-6-7-16-12(10)11(15-14)8-9-4-2-1-3-5-9/h1-7,11,15H,8,14H2. The zero-order valence-electron chi connectivity index (χ0n) is 8.69. The molecule has 0 spiro atoms. The Labute approximate surface area is 104 Å². The second-order valence-corrected chi connectivity index (χ2v) is 4.90. The minimum Gasteiger partial charge on any atom is -0.271 e. The minimum atomic E-state index is 0.0786. The summed E-state index contributed by atoms with van der Waals surface area (Å²) in [5.74, 6) is 5.58. The molecule has 2 aromatic rings. The van der Waals surface area contributed by atoms with Gasteiger partial charge in [0, 0.05) is 4.88 Å². The molecule has 1 unspecified atom stereocenters. The van der Waals surface area contributed by atoms with E-state index in [-0.39, 0.29) is 6.04 Å². The van der Waals surface area contributed by atoms with Crippen molar-refractivity contribution in [2.75, 3.05) is 0 Å². The van der Waals surface area contributed by atoms with E-state index in [0.29, 0.717) is 0 Å². The van der Waals surface area contributed by atoms with E-state index < -0.39 is 0 Å². The van der Waals surface area contributed by atoms with Crippen LogP contribution in [0.5, 0.6) is 0 Å². The molecule has 0 aliphatic carbocycles. The third-order valence-corrected chi connectivity index (χ3v) is 3.92. The molecular formula is C12H13ClN2S. The van der Waals surface area contributed by atoms with Crippen molar-refractivity contribution in [1.82, 2.24) is 5.43 Å². The molecule has 2 nitrogen and oxygen atoms in total. The molecule has 0 fully saturated rings. The molecular weight excluding hydrogens is 240 g/mol. The zero-order valence-corrected chi connectivity index (χ0v) is 10.3. The molecule has 0 aliphatic heterocycles. The second-order valence-electron chi connectivity index (χ2n) is 3.54. The zero-order chi connectivity index (χ0) is 11.4. The van der Waals surface area contributed by atoms with Crippen molar-refractivity contribution in [3.8, 4) is 0 Å². The van der Waals surface area contributed by atoms with Crippen molar-refractivity contribution < 1.29 is 0 Å². The van der Waals surface area contributed by atoms with Crippen LogP contribution in [0.25, 0.3) is 0 Å². The van der Waals surface area contributed by atoms with Crippen LogP contribution >= 0.6 is 22.9 Å². The van der Waals surface area contributed by atoms with Crippen molar-refractivity contribution in [1.29, 1.82) is 0 Å². The highest BCUT2D eigenvalue weighted by Gasteiger charge is 2.14. The molecule has 0 saturated carbocycles. The Morgan fingerprint density at radius 1 is 1.25 bits per heavy atom. The summed E-state index contributed by atoms with van der Waals surface area (Å²) in [4.78, 5) is 1.09. The maximum Gasteiger partial charge on any atom is 0.0608 e. The summed E-state index contributed by atoms with van der Waals surface area (Å²) >= 11 is 7.72. The molecule has 0 radical (unpaired) electrons. The average Bonchev–Trinajstić information content (AvgIpc) is 2.74. The van der Waals surface area contributed by atoms with Crippen LogP contribution in [0.1, 0.15) is 16.5 Å². The smallest absolute Gasteiger partial charge is 0.0608 e. The summed E-state index contributed by atoms with van der Waals surface area (Å²) in [6.45, 7) is 0. The lowest BCUT2D eigenvalue weighted by molar-refractivity contribution is 0.561. The summed E-state index contributed by atoms with van der Waals surface area (Å²) in [6, 6.07) is 12.2. The summed E-state index contributed by atoms with van der Waals surface area (Å²) < 4.78 is 0. The normalized spacial score (nSPS) is 12.6. The van der Waals surface area contributed by atoms with Gasteiger partial charge in [0.1, 0.15) is 0 Å². The fraction of sp³-hybridized carbons (Fsp3) is 0.167.